The summed E-state index contributed by atoms with van der Waals surface area (Å²) in [5, 5.41) is 12.6. The molecule has 4 heteroatoms. The summed E-state index contributed by atoms with van der Waals surface area (Å²) in [6.45, 7) is 6.69. The number of hydrogen-bond acceptors (Lipinski definition) is 3. The van der Waals surface area contributed by atoms with Gasteiger partial charge < -0.3 is 15.2 Å². The number of carbonyl (C=O) groups is 1. The highest BCUT2D eigenvalue weighted by Gasteiger charge is 2.19. The molecule has 3 atom stereocenters. The monoisotopic (exact) mass is 355 g/mol. The average Bonchev–Trinajstić information content (AvgIpc) is 2.70. The van der Waals surface area contributed by atoms with Crippen LogP contribution in [0.3, 0.4) is 0 Å². The summed E-state index contributed by atoms with van der Waals surface area (Å²) in [4.78, 5) is 12.5. The zero-order valence-corrected chi connectivity index (χ0v) is 15.8. The Hall–Kier alpha value is -2.33. The van der Waals surface area contributed by atoms with Crippen molar-refractivity contribution < 1.29 is 14.6 Å². The third-order valence-electron chi connectivity index (χ3n) is 4.71. The molecule has 0 radical (unpaired) electrons. The zero-order chi connectivity index (χ0) is 18.9. The van der Waals surface area contributed by atoms with Crippen LogP contribution in [0.25, 0.3) is 0 Å². The molecule has 0 spiro atoms. The van der Waals surface area contributed by atoms with Gasteiger partial charge in [0.05, 0.1) is 25.2 Å². The third-order valence-corrected chi connectivity index (χ3v) is 4.71. The number of amides is 1. The minimum absolute atomic E-state index is 0.104. The zero-order valence-electron chi connectivity index (χ0n) is 15.8. The van der Waals surface area contributed by atoms with Crippen LogP contribution < -0.4 is 10.1 Å². The Balaban J connectivity index is 1.98. The van der Waals surface area contributed by atoms with Crippen LogP contribution in [0.5, 0.6) is 5.75 Å². The average molecular weight is 355 g/mol. The normalized spacial score (nSPS) is 14.3. The van der Waals surface area contributed by atoms with Crippen LogP contribution in [0, 0.1) is 5.92 Å². The molecule has 4 nitrogen and oxygen atoms in total. The Morgan fingerprint density at radius 2 is 1.69 bits per heavy atom. The summed E-state index contributed by atoms with van der Waals surface area (Å²) >= 11 is 0. The van der Waals surface area contributed by atoms with Crippen LogP contribution in [-0.4, -0.2) is 24.2 Å². The predicted molar refractivity (Wildman–Crippen MR) is 104 cm³/mol. The van der Waals surface area contributed by atoms with Crippen LogP contribution in [0.2, 0.25) is 0 Å². The minimum Gasteiger partial charge on any atom is -0.493 e. The van der Waals surface area contributed by atoms with Crippen molar-refractivity contribution >= 4 is 5.91 Å². The van der Waals surface area contributed by atoms with E-state index in [4.69, 9.17) is 4.74 Å². The molecule has 0 saturated heterocycles. The van der Waals surface area contributed by atoms with Gasteiger partial charge in [-0.05, 0) is 36.1 Å². The molecule has 0 aliphatic heterocycles. The first-order chi connectivity index (χ1) is 12.5. The molecule has 0 aliphatic rings. The van der Waals surface area contributed by atoms with E-state index in [-0.39, 0.29) is 18.4 Å². The molecule has 1 amide bonds. The van der Waals surface area contributed by atoms with Gasteiger partial charge in [0.25, 0.3) is 0 Å². The van der Waals surface area contributed by atoms with Gasteiger partial charge in [-0.15, -0.1) is 0 Å². The molecule has 2 aromatic carbocycles. The van der Waals surface area contributed by atoms with Crippen LogP contribution in [0.15, 0.2) is 54.6 Å². The number of nitrogens with one attached hydrogen (secondary N) is 1. The van der Waals surface area contributed by atoms with E-state index in [9.17, 15) is 9.90 Å². The van der Waals surface area contributed by atoms with Gasteiger partial charge in [-0.1, -0.05) is 62.7 Å². The number of aliphatic hydroxyl groups excluding tert-OH is 1. The Labute approximate surface area is 156 Å². The number of benzene rings is 2. The highest BCUT2D eigenvalue weighted by atomic mass is 16.5. The van der Waals surface area contributed by atoms with Crippen molar-refractivity contribution in [3.8, 4) is 5.75 Å². The fourth-order valence-corrected chi connectivity index (χ4v) is 2.58. The van der Waals surface area contributed by atoms with Crippen molar-refractivity contribution in [1.29, 1.82) is 0 Å². The molecule has 0 aromatic heterocycles. The molecular weight excluding hydrogens is 326 g/mol. The van der Waals surface area contributed by atoms with E-state index in [1.807, 2.05) is 61.5 Å². The number of carbonyl (C=O) groups excluding carboxylic acids is 1. The molecule has 0 saturated carbocycles. The van der Waals surface area contributed by atoms with Gasteiger partial charge in [0.15, 0.2) is 0 Å². The first-order valence-electron chi connectivity index (χ1n) is 9.24. The molecule has 0 heterocycles. The fourth-order valence-electron chi connectivity index (χ4n) is 2.58. The maximum Gasteiger partial charge on any atom is 0.227 e. The number of hydrogen-bond donors (Lipinski definition) is 2. The molecule has 2 N–H and O–H groups in total. The molecule has 0 bridgehead atoms. The summed E-state index contributed by atoms with van der Waals surface area (Å²) in [5.74, 6) is 0.934. The van der Waals surface area contributed by atoms with Crippen molar-refractivity contribution in [2.24, 2.45) is 5.92 Å². The number of ether oxygens (including phenoxy) is 1. The van der Waals surface area contributed by atoms with E-state index in [0.29, 0.717) is 12.5 Å². The van der Waals surface area contributed by atoms with Crippen molar-refractivity contribution in [2.75, 3.05) is 13.2 Å². The molecule has 0 unspecified atom stereocenters. The van der Waals surface area contributed by atoms with E-state index >= 15 is 0 Å². The van der Waals surface area contributed by atoms with Gasteiger partial charge in [-0.2, -0.15) is 0 Å². The second-order valence-electron chi connectivity index (χ2n) is 6.77. The number of aliphatic hydroxyl groups is 1. The molecule has 2 aromatic rings. The highest BCUT2D eigenvalue weighted by molar-refractivity contribution is 5.83. The van der Waals surface area contributed by atoms with Gasteiger partial charge in [0.2, 0.25) is 5.91 Å². The largest absolute Gasteiger partial charge is 0.493 e. The molecule has 0 aliphatic carbocycles. The second kappa shape index (κ2) is 9.97. The van der Waals surface area contributed by atoms with E-state index in [1.54, 1.807) is 0 Å². The minimum atomic E-state index is -0.433. The van der Waals surface area contributed by atoms with E-state index in [2.05, 4.69) is 19.2 Å². The Bertz CT molecular complexity index is 670. The molecule has 2 rings (SSSR count). The summed E-state index contributed by atoms with van der Waals surface area (Å²) < 4.78 is 5.75. The maximum absolute atomic E-state index is 12.5. The lowest BCUT2D eigenvalue weighted by atomic mass is 9.99. The van der Waals surface area contributed by atoms with Crippen LogP contribution in [0.4, 0.5) is 0 Å². The van der Waals surface area contributed by atoms with Gasteiger partial charge >= 0.3 is 0 Å². The number of rotatable bonds is 9. The van der Waals surface area contributed by atoms with E-state index < -0.39 is 6.04 Å². The molecule has 140 valence electrons. The SMILES string of the molecule is CC[C@H](C)COc1ccc([C@H](CO)NC(=O)[C@@H](C)c2ccccc2)cc1. The maximum atomic E-state index is 12.5. The summed E-state index contributed by atoms with van der Waals surface area (Å²) in [6.07, 6.45) is 1.08. The second-order valence-corrected chi connectivity index (χ2v) is 6.77. The first-order valence-corrected chi connectivity index (χ1v) is 9.24. The van der Waals surface area contributed by atoms with Crippen LogP contribution >= 0.6 is 0 Å². The lowest BCUT2D eigenvalue weighted by Crippen LogP contribution is -2.33. The lowest BCUT2D eigenvalue weighted by molar-refractivity contribution is -0.123. The summed E-state index contributed by atoms with van der Waals surface area (Å²) in [6, 6.07) is 16.7. The summed E-state index contributed by atoms with van der Waals surface area (Å²) in [7, 11) is 0. The Morgan fingerprint density at radius 3 is 2.27 bits per heavy atom. The molecule has 26 heavy (non-hydrogen) atoms. The van der Waals surface area contributed by atoms with Gasteiger partial charge in [0, 0.05) is 0 Å². The Morgan fingerprint density at radius 1 is 1.04 bits per heavy atom. The van der Waals surface area contributed by atoms with Crippen LogP contribution in [0.1, 0.15) is 50.3 Å². The van der Waals surface area contributed by atoms with Crippen molar-refractivity contribution in [1.82, 2.24) is 5.32 Å². The fraction of sp³-hybridized carbons (Fsp3) is 0.409. The van der Waals surface area contributed by atoms with Gasteiger partial charge in [-0.25, -0.2) is 0 Å². The first kappa shape index (κ1) is 20.0. The molecular formula is C22H29NO3. The predicted octanol–water partition coefficient (Wildman–Crippen LogP) is 4.06. The summed E-state index contributed by atoms with van der Waals surface area (Å²) in [5.41, 5.74) is 1.81. The van der Waals surface area contributed by atoms with Crippen molar-refractivity contribution in [3.63, 3.8) is 0 Å². The topological polar surface area (TPSA) is 58.6 Å². The van der Waals surface area contributed by atoms with Gasteiger partial charge in [-0.3, -0.25) is 4.79 Å². The lowest BCUT2D eigenvalue weighted by Gasteiger charge is -2.20. The smallest absolute Gasteiger partial charge is 0.227 e. The quantitative estimate of drug-likeness (QED) is 0.713. The standard InChI is InChI=1S/C22H29NO3/c1-4-16(2)15-26-20-12-10-19(11-13-20)21(14-24)23-22(25)17(3)18-8-6-5-7-9-18/h5-13,16-17,21,24H,4,14-15H2,1-3H3,(H,23,25)/t16-,17-,21-/m0/s1. The third kappa shape index (κ3) is 5.60. The Kier molecular flexibility index (Phi) is 7.67. The van der Waals surface area contributed by atoms with E-state index in [1.165, 1.54) is 0 Å². The van der Waals surface area contributed by atoms with Crippen LogP contribution in [-0.2, 0) is 4.79 Å². The van der Waals surface area contributed by atoms with Gasteiger partial charge in [0.1, 0.15) is 5.75 Å². The van der Waals surface area contributed by atoms with Crippen molar-refractivity contribution in [3.05, 3.63) is 65.7 Å². The van der Waals surface area contributed by atoms with E-state index in [0.717, 1.165) is 23.3 Å². The van der Waals surface area contributed by atoms with Crippen molar-refractivity contribution in [2.45, 2.75) is 39.2 Å². The molecule has 0 fully saturated rings. The highest BCUT2D eigenvalue weighted by Crippen LogP contribution is 2.21.